The maximum absolute atomic E-state index is 12.7. The van der Waals surface area contributed by atoms with E-state index in [-0.39, 0.29) is 26.2 Å². The lowest BCUT2D eigenvalue weighted by atomic mass is 10.2. The minimum Gasteiger partial charge on any atom is -0.486 e. The van der Waals surface area contributed by atoms with E-state index in [1.54, 1.807) is 30.3 Å². The predicted octanol–water partition coefficient (Wildman–Crippen LogP) is 4.82. The number of anilines is 2. The van der Waals surface area contributed by atoms with Crippen LogP contribution in [0.3, 0.4) is 0 Å². The standard InChI is InChI=1S/C21H16Cl2N2O5S/c22-17-6-5-16(12-18(17)23)31(27,28)25-15-3-1-2-13(10-15)21(26)24-14-4-7-19-20(11-14)30-9-8-29-19/h1-7,10-12,25H,8-9H2,(H,24,26). The lowest BCUT2D eigenvalue weighted by molar-refractivity contribution is 0.102. The van der Waals surface area contributed by atoms with E-state index in [9.17, 15) is 13.2 Å². The Kier molecular flexibility index (Phi) is 5.95. The predicted molar refractivity (Wildman–Crippen MR) is 119 cm³/mol. The fraction of sp³-hybridized carbons (Fsp3) is 0.0952. The van der Waals surface area contributed by atoms with E-state index in [0.29, 0.717) is 30.4 Å². The van der Waals surface area contributed by atoms with E-state index in [2.05, 4.69) is 10.0 Å². The van der Waals surface area contributed by atoms with Crippen molar-refractivity contribution in [3.63, 3.8) is 0 Å². The number of amides is 1. The van der Waals surface area contributed by atoms with Gasteiger partial charge in [-0.2, -0.15) is 0 Å². The van der Waals surface area contributed by atoms with Crippen molar-refractivity contribution in [2.24, 2.45) is 0 Å². The summed E-state index contributed by atoms with van der Waals surface area (Å²) in [5.41, 5.74) is 1.01. The molecule has 0 aromatic heterocycles. The fourth-order valence-electron chi connectivity index (χ4n) is 2.91. The third kappa shape index (κ3) is 4.87. The van der Waals surface area contributed by atoms with Crippen molar-refractivity contribution in [3.8, 4) is 11.5 Å². The molecule has 1 aliphatic rings. The molecular weight excluding hydrogens is 463 g/mol. The summed E-state index contributed by atoms with van der Waals surface area (Å²) in [6.07, 6.45) is 0. The van der Waals surface area contributed by atoms with Gasteiger partial charge in [0.25, 0.3) is 15.9 Å². The lowest BCUT2D eigenvalue weighted by Gasteiger charge is -2.19. The number of benzene rings is 3. The second-order valence-corrected chi connectivity index (χ2v) is 9.07. The number of hydrogen-bond acceptors (Lipinski definition) is 5. The van der Waals surface area contributed by atoms with Gasteiger partial charge < -0.3 is 14.8 Å². The molecule has 31 heavy (non-hydrogen) atoms. The highest BCUT2D eigenvalue weighted by Gasteiger charge is 2.17. The highest BCUT2D eigenvalue weighted by atomic mass is 35.5. The first kappa shape index (κ1) is 21.3. The van der Waals surface area contributed by atoms with Crippen molar-refractivity contribution in [1.82, 2.24) is 0 Å². The molecule has 3 aromatic carbocycles. The smallest absolute Gasteiger partial charge is 0.261 e. The van der Waals surface area contributed by atoms with Crippen LogP contribution in [0.5, 0.6) is 11.5 Å². The molecule has 160 valence electrons. The molecule has 0 fully saturated rings. The number of hydrogen-bond donors (Lipinski definition) is 2. The number of fused-ring (bicyclic) bond motifs is 1. The lowest BCUT2D eigenvalue weighted by Crippen LogP contribution is -2.17. The zero-order valence-electron chi connectivity index (χ0n) is 15.9. The first-order valence-electron chi connectivity index (χ1n) is 9.11. The van der Waals surface area contributed by atoms with Crippen LogP contribution in [0.4, 0.5) is 11.4 Å². The Hall–Kier alpha value is -2.94. The molecule has 0 radical (unpaired) electrons. The van der Waals surface area contributed by atoms with Crippen molar-refractivity contribution in [1.29, 1.82) is 0 Å². The van der Waals surface area contributed by atoms with Crippen LogP contribution >= 0.6 is 23.2 Å². The van der Waals surface area contributed by atoms with Gasteiger partial charge in [0, 0.05) is 23.0 Å². The van der Waals surface area contributed by atoms with Crippen LogP contribution in [0.1, 0.15) is 10.4 Å². The first-order valence-corrected chi connectivity index (χ1v) is 11.3. The topological polar surface area (TPSA) is 93.7 Å². The highest BCUT2D eigenvalue weighted by Crippen LogP contribution is 2.33. The summed E-state index contributed by atoms with van der Waals surface area (Å²) in [4.78, 5) is 12.6. The Morgan fingerprint density at radius 1 is 0.839 bits per heavy atom. The molecule has 7 nitrogen and oxygen atoms in total. The average molecular weight is 479 g/mol. The Morgan fingerprint density at radius 2 is 1.61 bits per heavy atom. The molecule has 3 aromatic rings. The molecule has 0 atom stereocenters. The summed E-state index contributed by atoms with van der Waals surface area (Å²) in [6.45, 7) is 0.912. The van der Waals surface area contributed by atoms with E-state index in [0.717, 1.165) is 0 Å². The van der Waals surface area contributed by atoms with E-state index in [1.165, 1.54) is 30.3 Å². The number of sulfonamides is 1. The third-order valence-corrected chi connectivity index (χ3v) is 6.50. The average Bonchev–Trinajstić information content (AvgIpc) is 2.75. The molecule has 0 unspecified atom stereocenters. The first-order chi connectivity index (χ1) is 14.8. The van der Waals surface area contributed by atoms with Gasteiger partial charge in [-0.1, -0.05) is 29.3 Å². The second kappa shape index (κ2) is 8.66. The second-order valence-electron chi connectivity index (χ2n) is 6.57. The van der Waals surface area contributed by atoms with Crippen LogP contribution in [0.2, 0.25) is 10.0 Å². The summed E-state index contributed by atoms with van der Waals surface area (Å²) in [6, 6.07) is 15.2. The van der Waals surface area contributed by atoms with Crippen LogP contribution in [0, 0.1) is 0 Å². The van der Waals surface area contributed by atoms with Gasteiger partial charge in [0.15, 0.2) is 11.5 Å². The largest absolute Gasteiger partial charge is 0.486 e. The van der Waals surface area contributed by atoms with Crippen molar-refractivity contribution >= 4 is 50.5 Å². The monoisotopic (exact) mass is 478 g/mol. The Balaban J connectivity index is 1.51. The van der Waals surface area contributed by atoms with Crippen LogP contribution in [0.15, 0.2) is 65.6 Å². The van der Waals surface area contributed by atoms with Crippen LogP contribution < -0.4 is 19.5 Å². The van der Waals surface area contributed by atoms with Gasteiger partial charge in [0.05, 0.1) is 14.9 Å². The molecule has 4 rings (SSSR count). The van der Waals surface area contributed by atoms with Crippen molar-refractivity contribution in [2.45, 2.75) is 4.90 Å². The van der Waals surface area contributed by atoms with Gasteiger partial charge in [-0.05, 0) is 48.5 Å². The molecular formula is C21H16Cl2N2O5S. The van der Waals surface area contributed by atoms with Crippen LogP contribution in [-0.4, -0.2) is 27.5 Å². The summed E-state index contributed by atoms with van der Waals surface area (Å²) in [5.74, 6) is 0.752. The molecule has 0 spiro atoms. The van der Waals surface area contributed by atoms with Crippen LogP contribution in [0.25, 0.3) is 0 Å². The number of carbonyl (C=O) groups excluding carboxylic acids is 1. The molecule has 0 saturated carbocycles. The third-order valence-electron chi connectivity index (χ3n) is 4.38. The minimum atomic E-state index is -3.92. The Labute approximate surface area is 188 Å². The molecule has 1 heterocycles. The minimum absolute atomic E-state index is 0.0481. The molecule has 1 amide bonds. The summed E-state index contributed by atoms with van der Waals surface area (Å²) >= 11 is 11.8. The number of rotatable bonds is 5. The SMILES string of the molecule is O=C(Nc1ccc2c(c1)OCCO2)c1cccc(NS(=O)(=O)c2ccc(Cl)c(Cl)c2)c1. The van der Waals surface area contributed by atoms with Crippen molar-refractivity contribution in [3.05, 3.63) is 76.3 Å². The van der Waals surface area contributed by atoms with E-state index < -0.39 is 15.9 Å². The maximum atomic E-state index is 12.7. The molecule has 0 saturated heterocycles. The molecule has 1 aliphatic heterocycles. The van der Waals surface area contributed by atoms with Gasteiger partial charge in [0.1, 0.15) is 13.2 Å². The summed E-state index contributed by atoms with van der Waals surface area (Å²) in [7, 11) is -3.92. The van der Waals surface area contributed by atoms with Gasteiger partial charge >= 0.3 is 0 Å². The zero-order chi connectivity index (χ0) is 22.0. The number of ether oxygens (including phenoxy) is 2. The Morgan fingerprint density at radius 3 is 2.39 bits per heavy atom. The molecule has 0 bridgehead atoms. The Bertz CT molecular complexity index is 1260. The van der Waals surface area contributed by atoms with Crippen LogP contribution in [-0.2, 0) is 10.0 Å². The van der Waals surface area contributed by atoms with Crippen molar-refractivity contribution in [2.75, 3.05) is 23.3 Å². The molecule has 0 aliphatic carbocycles. The van der Waals surface area contributed by atoms with Crippen molar-refractivity contribution < 1.29 is 22.7 Å². The number of halogens is 2. The number of nitrogens with one attached hydrogen (secondary N) is 2. The fourth-order valence-corrected chi connectivity index (χ4v) is 4.34. The highest BCUT2D eigenvalue weighted by molar-refractivity contribution is 7.92. The van der Waals surface area contributed by atoms with Gasteiger partial charge in [-0.15, -0.1) is 0 Å². The molecule has 2 N–H and O–H groups in total. The van der Waals surface area contributed by atoms with E-state index in [4.69, 9.17) is 32.7 Å². The van der Waals surface area contributed by atoms with Gasteiger partial charge in [-0.25, -0.2) is 8.42 Å². The quantitative estimate of drug-likeness (QED) is 0.548. The molecule has 10 heteroatoms. The summed E-state index contributed by atoms with van der Waals surface area (Å²) in [5, 5.41) is 3.13. The van der Waals surface area contributed by atoms with Gasteiger partial charge in [-0.3, -0.25) is 9.52 Å². The maximum Gasteiger partial charge on any atom is 0.261 e. The number of carbonyl (C=O) groups is 1. The zero-order valence-corrected chi connectivity index (χ0v) is 18.2. The van der Waals surface area contributed by atoms with E-state index in [1.807, 2.05) is 0 Å². The van der Waals surface area contributed by atoms with E-state index >= 15 is 0 Å². The normalized spacial score (nSPS) is 12.8. The summed E-state index contributed by atoms with van der Waals surface area (Å²) < 4.78 is 38.7. The van der Waals surface area contributed by atoms with Gasteiger partial charge in [0.2, 0.25) is 0 Å².